The Kier molecular flexibility index (Phi) is 4.09. The van der Waals surface area contributed by atoms with Crippen LogP contribution < -0.4 is 5.32 Å². The van der Waals surface area contributed by atoms with Gasteiger partial charge in [-0.15, -0.1) is 0 Å². The molecule has 2 unspecified atom stereocenters. The fourth-order valence-corrected chi connectivity index (χ4v) is 3.92. The normalized spacial score (nSPS) is 26.3. The predicted molar refractivity (Wildman–Crippen MR) is 72.3 cm³/mol. The average molecular weight is 254 g/mol. The highest BCUT2D eigenvalue weighted by molar-refractivity contribution is 8.00. The van der Waals surface area contributed by atoms with E-state index in [9.17, 15) is 0 Å². The molecule has 1 aromatic rings. The Labute approximate surface area is 108 Å². The van der Waals surface area contributed by atoms with Crippen molar-refractivity contribution < 1.29 is 0 Å². The molecule has 1 aliphatic heterocycles. The van der Waals surface area contributed by atoms with Crippen LogP contribution in [0.3, 0.4) is 0 Å². The number of nitrogens with zero attached hydrogens (tertiary/aromatic N) is 3. The summed E-state index contributed by atoms with van der Waals surface area (Å²) in [6, 6.07) is 0.489. The molecule has 0 aromatic carbocycles. The van der Waals surface area contributed by atoms with E-state index in [2.05, 4.69) is 41.0 Å². The van der Waals surface area contributed by atoms with Gasteiger partial charge in [-0.1, -0.05) is 6.92 Å². The van der Waals surface area contributed by atoms with Crippen LogP contribution in [0.25, 0.3) is 0 Å². The second kappa shape index (κ2) is 5.40. The van der Waals surface area contributed by atoms with Crippen LogP contribution in [0, 0.1) is 0 Å². The Morgan fingerprint density at radius 2 is 2.47 bits per heavy atom. The van der Waals surface area contributed by atoms with Crippen LogP contribution in [0.1, 0.15) is 32.5 Å². The van der Waals surface area contributed by atoms with E-state index in [1.54, 1.807) is 6.33 Å². The van der Waals surface area contributed by atoms with E-state index in [1.807, 2.05) is 11.7 Å². The summed E-state index contributed by atoms with van der Waals surface area (Å²) in [4.78, 5) is 4.34. The molecular formula is C12H22N4S. The van der Waals surface area contributed by atoms with Crippen LogP contribution in [-0.2, 0) is 13.5 Å². The molecule has 2 atom stereocenters. The lowest BCUT2D eigenvalue weighted by molar-refractivity contribution is 0.396. The zero-order valence-corrected chi connectivity index (χ0v) is 11.8. The number of aromatic nitrogens is 3. The largest absolute Gasteiger partial charge is 0.312 e. The topological polar surface area (TPSA) is 42.7 Å². The first-order valence-corrected chi connectivity index (χ1v) is 7.34. The summed E-state index contributed by atoms with van der Waals surface area (Å²) in [6.45, 7) is 5.57. The second-order valence-electron chi connectivity index (χ2n) is 4.88. The maximum atomic E-state index is 4.34. The zero-order valence-electron chi connectivity index (χ0n) is 10.9. The summed E-state index contributed by atoms with van der Waals surface area (Å²) in [5, 5.41) is 7.78. The van der Waals surface area contributed by atoms with Crippen molar-refractivity contribution in [3.05, 3.63) is 12.2 Å². The van der Waals surface area contributed by atoms with E-state index in [0.717, 1.165) is 18.8 Å². The van der Waals surface area contributed by atoms with Gasteiger partial charge in [-0.3, -0.25) is 4.68 Å². The monoisotopic (exact) mass is 254 g/mol. The smallest absolute Gasteiger partial charge is 0.138 e. The Morgan fingerprint density at radius 3 is 3.00 bits per heavy atom. The molecule has 4 nitrogen and oxygen atoms in total. The van der Waals surface area contributed by atoms with Gasteiger partial charge in [-0.05, 0) is 32.1 Å². The lowest BCUT2D eigenvalue weighted by Crippen LogP contribution is -2.47. The highest BCUT2D eigenvalue weighted by Gasteiger charge is 2.37. The molecule has 0 aliphatic carbocycles. The van der Waals surface area contributed by atoms with Gasteiger partial charge in [-0.25, -0.2) is 4.98 Å². The minimum absolute atomic E-state index is 0.349. The molecule has 17 heavy (non-hydrogen) atoms. The van der Waals surface area contributed by atoms with E-state index in [0.29, 0.717) is 10.8 Å². The highest BCUT2D eigenvalue weighted by atomic mass is 32.2. The summed E-state index contributed by atoms with van der Waals surface area (Å²) in [5.74, 6) is 2.36. The number of rotatable bonds is 5. The second-order valence-corrected chi connectivity index (χ2v) is 6.51. The molecule has 1 aromatic heterocycles. The molecule has 5 heteroatoms. The molecule has 0 radical (unpaired) electrons. The van der Waals surface area contributed by atoms with Gasteiger partial charge >= 0.3 is 0 Å². The first-order valence-electron chi connectivity index (χ1n) is 6.36. The SMILES string of the molecule is CCNC(Cc1ncnn1C)C1(C)CCCS1. The summed E-state index contributed by atoms with van der Waals surface area (Å²) in [5.41, 5.74) is 0. The van der Waals surface area contributed by atoms with Crippen molar-refractivity contribution in [1.29, 1.82) is 0 Å². The number of hydrogen-bond acceptors (Lipinski definition) is 4. The predicted octanol–water partition coefficient (Wildman–Crippen LogP) is 1.62. The Hall–Kier alpha value is -0.550. The summed E-state index contributed by atoms with van der Waals surface area (Å²) < 4.78 is 2.23. The standard InChI is InChI=1S/C12H22N4S/c1-4-13-10(12(2)6-5-7-17-12)8-11-14-9-15-16(11)3/h9-10,13H,4-8H2,1-3H3. The third-order valence-electron chi connectivity index (χ3n) is 3.63. The van der Waals surface area contributed by atoms with Gasteiger partial charge in [0, 0.05) is 24.3 Å². The molecule has 1 N–H and O–H groups in total. The van der Waals surface area contributed by atoms with E-state index in [4.69, 9.17) is 0 Å². The van der Waals surface area contributed by atoms with Crippen LogP contribution in [0.15, 0.2) is 6.33 Å². The molecular weight excluding hydrogens is 232 g/mol. The first-order chi connectivity index (χ1) is 8.15. The number of aryl methyl sites for hydroxylation is 1. The molecule has 2 rings (SSSR count). The van der Waals surface area contributed by atoms with E-state index < -0.39 is 0 Å². The Bertz CT molecular complexity index is 357. The maximum Gasteiger partial charge on any atom is 0.138 e. The van der Waals surface area contributed by atoms with Crippen molar-refractivity contribution in [3.8, 4) is 0 Å². The van der Waals surface area contributed by atoms with Crippen LogP contribution in [0.2, 0.25) is 0 Å². The van der Waals surface area contributed by atoms with Crippen molar-refractivity contribution in [2.45, 2.75) is 43.9 Å². The third kappa shape index (κ3) is 2.83. The van der Waals surface area contributed by atoms with Crippen LogP contribution in [0.4, 0.5) is 0 Å². The van der Waals surface area contributed by atoms with Gasteiger partial charge < -0.3 is 5.32 Å². The van der Waals surface area contributed by atoms with E-state index in [1.165, 1.54) is 18.6 Å². The molecule has 0 spiro atoms. The number of nitrogens with one attached hydrogen (secondary N) is 1. The van der Waals surface area contributed by atoms with Gasteiger partial charge in [-0.2, -0.15) is 16.9 Å². The highest BCUT2D eigenvalue weighted by Crippen LogP contribution is 2.41. The Balaban J connectivity index is 2.09. The maximum absolute atomic E-state index is 4.34. The fourth-order valence-electron chi connectivity index (χ4n) is 2.51. The summed E-state index contributed by atoms with van der Waals surface area (Å²) in [6.07, 6.45) is 5.24. The van der Waals surface area contributed by atoms with Crippen LogP contribution in [0.5, 0.6) is 0 Å². The van der Waals surface area contributed by atoms with Gasteiger partial charge in [0.1, 0.15) is 12.2 Å². The molecule has 1 saturated heterocycles. The van der Waals surface area contributed by atoms with Crippen molar-refractivity contribution >= 4 is 11.8 Å². The molecule has 1 fully saturated rings. The molecule has 96 valence electrons. The lowest BCUT2D eigenvalue weighted by atomic mass is 9.93. The molecule has 0 amide bonds. The molecule has 0 bridgehead atoms. The minimum atomic E-state index is 0.349. The quantitative estimate of drug-likeness (QED) is 0.867. The van der Waals surface area contributed by atoms with Gasteiger partial charge in [0.25, 0.3) is 0 Å². The Morgan fingerprint density at radius 1 is 1.65 bits per heavy atom. The average Bonchev–Trinajstić information content (AvgIpc) is 2.89. The fraction of sp³-hybridized carbons (Fsp3) is 0.833. The number of likely N-dealkylation sites (N-methyl/N-ethyl adjacent to an activating group) is 1. The minimum Gasteiger partial charge on any atom is -0.312 e. The number of thioether (sulfide) groups is 1. The first kappa shape index (κ1) is 12.9. The van der Waals surface area contributed by atoms with Crippen molar-refractivity contribution in [2.24, 2.45) is 7.05 Å². The lowest BCUT2D eigenvalue weighted by Gasteiger charge is -2.33. The molecule has 2 heterocycles. The third-order valence-corrected chi connectivity index (χ3v) is 5.27. The van der Waals surface area contributed by atoms with Crippen LogP contribution >= 0.6 is 11.8 Å². The van der Waals surface area contributed by atoms with E-state index >= 15 is 0 Å². The summed E-state index contributed by atoms with van der Waals surface area (Å²) in [7, 11) is 1.97. The molecule has 1 aliphatic rings. The van der Waals surface area contributed by atoms with E-state index in [-0.39, 0.29) is 0 Å². The van der Waals surface area contributed by atoms with Crippen molar-refractivity contribution in [3.63, 3.8) is 0 Å². The van der Waals surface area contributed by atoms with Crippen LogP contribution in [-0.4, -0.2) is 37.9 Å². The zero-order chi connectivity index (χ0) is 12.3. The number of hydrogen-bond donors (Lipinski definition) is 1. The van der Waals surface area contributed by atoms with Gasteiger partial charge in [0.15, 0.2) is 0 Å². The van der Waals surface area contributed by atoms with Gasteiger partial charge in [0.2, 0.25) is 0 Å². The van der Waals surface area contributed by atoms with Crippen molar-refractivity contribution in [1.82, 2.24) is 20.1 Å². The van der Waals surface area contributed by atoms with Gasteiger partial charge in [0.05, 0.1) is 0 Å². The molecule has 0 saturated carbocycles. The van der Waals surface area contributed by atoms with Crippen molar-refractivity contribution in [2.75, 3.05) is 12.3 Å². The summed E-state index contributed by atoms with van der Waals surface area (Å²) >= 11 is 2.10.